The van der Waals surface area contributed by atoms with Gasteiger partial charge in [-0.1, -0.05) is 20.3 Å². The molecule has 0 bridgehead atoms. The van der Waals surface area contributed by atoms with Crippen molar-refractivity contribution in [2.24, 2.45) is 5.92 Å². The van der Waals surface area contributed by atoms with Crippen LogP contribution in [0.5, 0.6) is 0 Å². The zero-order valence-corrected chi connectivity index (χ0v) is 10.2. The summed E-state index contributed by atoms with van der Waals surface area (Å²) in [5.41, 5.74) is 0. The third-order valence-corrected chi connectivity index (χ3v) is 2.46. The number of hydrogen-bond acceptors (Lipinski definition) is 3. The molecule has 2 N–H and O–H groups in total. The summed E-state index contributed by atoms with van der Waals surface area (Å²) in [4.78, 5) is 22.3. The molecule has 2 unspecified atom stereocenters. The van der Waals surface area contributed by atoms with Crippen LogP contribution in [0.25, 0.3) is 0 Å². The number of nitrogens with one attached hydrogen (secondary N) is 1. The zero-order chi connectivity index (χ0) is 12.6. The van der Waals surface area contributed by atoms with Gasteiger partial charge in [0.1, 0.15) is 6.10 Å². The van der Waals surface area contributed by atoms with Crippen molar-refractivity contribution >= 4 is 11.9 Å². The average Bonchev–Trinajstić information content (AvgIpc) is 2.25. The minimum Gasteiger partial charge on any atom is -0.481 e. The molecule has 0 saturated carbocycles. The molecule has 0 rings (SSSR count). The van der Waals surface area contributed by atoms with Gasteiger partial charge in [-0.15, -0.1) is 0 Å². The molecule has 5 nitrogen and oxygen atoms in total. The molecule has 0 aromatic carbocycles. The Morgan fingerprint density at radius 2 is 2.00 bits per heavy atom. The Balaban J connectivity index is 4.09. The first-order valence-electron chi connectivity index (χ1n) is 5.60. The number of carbonyl (C=O) groups is 2. The van der Waals surface area contributed by atoms with Gasteiger partial charge >= 0.3 is 5.97 Å². The van der Waals surface area contributed by atoms with Gasteiger partial charge in [-0.2, -0.15) is 0 Å². The van der Waals surface area contributed by atoms with Gasteiger partial charge < -0.3 is 15.2 Å². The second-order valence-corrected chi connectivity index (χ2v) is 3.70. The number of methoxy groups -OCH3 is 1. The maximum Gasteiger partial charge on any atom is 0.308 e. The molecule has 0 saturated heterocycles. The average molecular weight is 231 g/mol. The Kier molecular flexibility index (Phi) is 7.54. The molecule has 0 aromatic heterocycles. The molecule has 0 radical (unpaired) electrons. The Hall–Kier alpha value is -1.10. The molecule has 0 aliphatic rings. The Bertz CT molecular complexity index is 226. The van der Waals surface area contributed by atoms with Crippen molar-refractivity contribution in [3.8, 4) is 0 Å². The Morgan fingerprint density at radius 3 is 2.38 bits per heavy atom. The highest BCUT2D eigenvalue weighted by Gasteiger charge is 2.20. The van der Waals surface area contributed by atoms with Gasteiger partial charge in [-0.3, -0.25) is 9.59 Å². The van der Waals surface area contributed by atoms with Crippen LogP contribution in [0, 0.1) is 5.92 Å². The maximum absolute atomic E-state index is 11.5. The van der Waals surface area contributed by atoms with Crippen LogP contribution >= 0.6 is 0 Å². The van der Waals surface area contributed by atoms with Gasteiger partial charge in [-0.25, -0.2) is 0 Å². The van der Waals surface area contributed by atoms with Crippen molar-refractivity contribution in [3.05, 3.63) is 0 Å². The van der Waals surface area contributed by atoms with E-state index in [1.807, 2.05) is 13.8 Å². The third kappa shape index (κ3) is 5.11. The van der Waals surface area contributed by atoms with Gasteiger partial charge in [0.15, 0.2) is 0 Å². The van der Waals surface area contributed by atoms with Crippen LogP contribution in [0.15, 0.2) is 0 Å². The first-order valence-corrected chi connectivity index (χ1v) is 5.60. The molecular formula is C11H21NO4. The molecular weight excluding hydrogens is 210 g/mol. The van der Waals surface area contributed by atoms with Gasteiger partial charge in [0.05, 0.1) is 5.92 Å². The van der Waals surface area contributed by atoms with E-state index in [9.17, 15) is 9.59 Å². The van der Waals surface area contributed by atoms with Gasteiger partial charge in [0.2, 0.25) is 5.91 Å². The molecule has 0 heterocycles. The fraction of sp³-hybridized carbons (Fsp3) is 0.818. The first kappa shape index (κ1) is 14.9. The molecule has 5 heteroatoms. The van der Waals surface area contributed by atoms with E-state index in [1.54, 1.807) is 0 Å². The number of carboxylic acid groups (broad SMARTS) is 1. The van der Waals surface area contributed by atoms with E-state index in [1.165, 1.54) is 7.11 Å². The minimum absolute atomic E-state index is 0.169. The Morgan fingerprint density at radius 1 is 1.38 bits per heavy atom. The predicted molar refractivity (Wildman–Crippen MR) is 60.1 cm³/mol. The lowest BCUT2D eigenvalue weighted by Crippen LogP contribution is -2.39. The molecule has 16 heavy (non-hydrogen) atoms. The van der Waals surface area contributed by atoms with Crippen molar-refractivity contribution in [3.63, 3.8) is 0 Å². The van der Waals surface area contributed by atoms with Crippen molar-refractivity contribution in [1.82, 2.24) is 5.32 Å². The van der Waals surface area contributed by atoms with E-state index >= 15 is 0 Å². The number of carboxylic acids is 1. The Labute approximate surface area is 96.2 Å². The fourth-order valence-electron chi connectivity index (χ4n) is 1.46. The predicted octanol–water partition coefficient (Wildman–Crippen LogP) is 1.03. The molecule has 1 amide bonds. The summed E-state index contributed by atoms with van der Waals surface area (Å²) in [6.07, 6.45) is 1.44. The topological polar surface area (TPSA) is 75.6 Å². The number of hydrogen-bond donors (Lipinski definition) is 2. The summed E-state index contributed by atoms with van der Waals surface area (Å²) in [6, 6.07) is 0. The fourth-order valence-corrected chi connectivity index (χ4v) is 1.46. The van der Waals surface area contributed by atoms with E-state index in [0.717, 1.165) is 6.42 Å². The van der Waals surface area contributed by atoms with Gasteiger partial charge in [0, 0.05) is 13.7 Å². The molecule has 0 fully saturated rings. The number of amides is 1. The quantitative estimate of drug-likeness (QED) is 0.654. The standard InChI is InChI=1S/C11H21NO4/c1-4-6-8(11(14)15)7-12-10(13)9(5-2)16-3/h8-9H,4-7H2,1-3H3,(H,12,13)(H,14,15). The smallest absolute Gasteiger partial charge is 0.308 e. The minimum atomic E-state index is -0.868. The highest BCUT2D eigenvalue weighted by molar-refractivity contribution is 5.81. The number of carbonyl (C=O) groups excluding carboxylic acids is 1. The van der Waals surface area contributed by atoms with Gasteiger partial charge in [-0.05, 0) is 12.8 Å². The SMILES string of the molecule is CCCC(CNC(=O)C(CC)OC)C(=O)O. The highest BCUT2D eigenvalue weighted by Crippen LogP contribution is 2.05. The first-order chi connectivity index (χ1) is 7.56. The van der Waals surface area contributed by atoms with E-state index in [-0.39, 0.29) is 12.5 Å². The second kappa shape index (κ2) is 8.10. The molecule has 0 aromatic rings. The summed E-state index contributed by atoms with van der Waals surface area (Å²) < 4.78 is 4.95. The highest BCUT2D eigenvalue weighted by atomic mass is 16.5. The molecule has 2 atom stereocenters. The van der Waals surface area contributed by atoms with E-state index < -0.39 is 18.0 Å². The van der Waals surface area contributed by atoms with Crippen LogP contribution in [-0.2, 0) is 14.3 Å². The molecule has 0 aliphatic carbocycles. The van der Waals surface area contributed by atoms with Gasteiger partial charge in [0.25, 0.3) is 0 Å². The van der Waals surface area contributed by atoms with Crippen molar-refractivity contribution in [1.29, 1.82) is 0 Å². The summed E-state index contributed by atoms with van der Waals surface area (Å²) in [7, 11) is 1.47. The summed E-state index contributed by atoms with van der Waals surface area (Å²) in [6.45, 7) is 3.93. The second-order valence-electron chi connectivity index (χ2n) is 3.70. The van der Waals surface area contributed by atoms with E-state index in [0.29, 0.717) is 12.8 Å². The van der Waals surface area contributed by atoms with Crippen LogP contribution in [0.1, 0.15) is 33.1 Å². The van der Waals surface area contributed by atoms with Crippen LogP contribution in [0.2, 0.25) is 0 Å². The van der Waals surface area contributed by atoms with Crippen LogP contribution < -0.4 is 5.32 Å². The van der Waals surface area contributed by atoms with E-state index in [2.05, 4.69) is 5.32 Å². The lowest BCUT2D eigenvalue weighted by molar-refractivity contribution is -0.142. The largest absolute Gasteiger partial charge is 0.481 e. The number of ether oxygens (including phenoxy) is 1. The zero-order valence-electron chi connectivity index (χ0n) is 10.2. The molecule has 94 valence electrons. The van der Waals surface area contributed by atoms with Crippen LogP contribution in [0.4, 0.5) is 0 Å². The van der Waals surface area contributed by atoms with Crippen LogP contribution in [0.3, 0.4) is 0 Å². The van der Waals surface area contributed by atoms with Crippen molar-refractivity contribution < 1.29 is 19.4 Å². The maximum atomic E-state index is 11.5. The number of rotatable bonds is 8. The summed E-state index contributed by atoms with van der Waals surface area (Å²) in [5.74, 6) is -1.62. The van der Waals surface area contributed by atoms with Crippen molar-refractivity contribution in [2.75, 3.05) is 13.7 Å². The molecule has 0 spiro atoms. The third-order valence-electron chi connectivity index (χ3n) is 2.46. The monoisotopic (exact) mass is 231 g/mol. The molecule has 0 aliphatic heterocycles. The lowest BCUT2D eigenvalue weighted by atomic mass is 10.0. The normalized spacial score (nSPS) is 14.2. The summed E-state index contributed by atoms with van der Waals surface area (Å²) in [5, 5.41) is 11.5. The van der Waals surface area contributed by atoms with Crippen molar-refractivity contribution in [2.45, 2.75) is 39.2 Å². The van der Waals surface area contributed by atoms with E-state index in [4.69, 9.17) is 9.84 Å². The van der Waals surface area contributed by atoms with Crippen LogP contribution in [-0.4, -0.2) is 36.7 Å². The lowest BCUT2D eigenvalue weighted by Gasteiger charge is -2.16. The number of aliphatic carboxylic acids is 1. The summed E-state index contributed by atoms with van der Waals surface area (Å²) >= 11 is 0.